The maximum absolute atomic E-state index is 11.2. The van der Waals surface area contributed by atoms with Crippen molar-refractivity contribution in [3.63, 3.8) is 0 Å². The summed E-state index contributed by atoms with van der Waals surface area (Å²) < 4.78 is 6.04. The third-order valence-corrected chi connectivity index (χ3v) is 5.74. The first-order valence-corrected chi connectivity index (χ1v) is 10.3. The quantitative estimate of drug-likeness (QED) is 0.526. The van der Waals surface area contributed by atoms with Gasteiger partial charge >= 0.3 is 5.97 Å². The molecule has 1 heterocycles. The summed E-state index contributed by atoms with van der Waals surface area (Å²) in [6.45, 7) is 3.51. The molecule has 1 saturated heterocycles. The zero-order chi connectivity index (χ0) is 20.1. The van der Waals surface area contributed by atoms with Gasteiger partial charge in [-0.25, -0.2) is 0 Å². The van der Waals surface area contributed by atoms with E-state index in [-0.39, 0.29) is 18.3 Å². The first kappa shape index (κ1) is 22.3. The molecule has 4 rings (SSSR count). The summed E-state index contributed by atoms with van der Waals surface area (Å²) in [5.41, 5.74) is 3.60. The molecular formula is C25H28ClNO3. The number of benzene rings is 3. The van der Waals surface area contributed by atoms with E-state index >= 15 is 0 Å². The second-order valence-corrected chi connectivity index (χ2v) is 7.72. The number of carboxylic acid groups (broad SMARTS) is 1. The van der Waals surface area contributed by atoms with Crippen LogP contribution in [0.5, 0.6) is 0 Å². The fraction of sp³-hybridized carbons (Fsp3) is 0.320. The van der Waals surface area contributed by atoms with Crippen LogP contribution in [0.4, 0.5) is 0 Å². The van der Waals surface area contributed by atoms with E-state index in [0.29, 0.717) is 19.8 Å². The monoisotopic (exact) mass is 425 g/mol. The van der Waals surface area contributed by atoms with Crippen LogP contribution in [-0.2, 0) is 16.1 Å². The van der Waals surface area contributed by atoms with Crippen molar-refractivity contribution in [2.24, 2.45) is 5.92 Å². The Labute approximate surface area is 183 Å². The fourth-order valence-electron chi connectivity index (χ4n) is 4.22. The average Bonchev–Trinajstić information content (AvgIpc) is 2.77. The lowest BCUT2D eigenvalue weighted by molar-refractivity contribution is -0.143. The molecule has 0 radical (unpaired) electrons. The van der Waals surface area contributed by atoms with E-state index in [0.717, 1.165) is 25.9 Å². The molecule has 1 aliphatic rings. The minimum Gasteiger partial charge on any atom is -0.481 e. The molecule has 30 heavy (non-hydrogen) atoms. The molecule has 5 heteroatoms. The molecule has 0 aromatic heterocycles. The van der Waals surface area contributed by atoms with E-state index in [4.69, 9.17) is 4.74 Å². The maximum Gasteiger partial charge on any atom is 0.307 e. The van der Waals surface area contributed by atoms with Gasteiger partial charge in [0.1, 0.15) is 0 Å². The predicted molar refractivity (Wildman–Crippen MR) is 123 cm³/mol. The summed E-state index contributed by atoms with van der Waals surface area (Å²) in [4.78, 5) is 13.4. The van der Waals surface area contributed by atoms with Crippen LogP contribution in [0.3, 0.4) is 0 Å². The normalized spacial score (nSPS) is 16.9. The summed E-state index contributed by atoms with van der Waals surface area (Å²) in [7, 11) is 0. The molecule has 1 atom stereocenters. The second-order valence-electron chi connectivity index (χ2n) is 7.72. The molecule has 0 bridgehead atoms. The third-order valence-electron chi connectivity index (χ3n) is 5.74. The lowest BCUT2D eigenvalue weighted by Gasteiger charge is -2.30. The largest absolute Gasteiger partial charge is 0.481 e. The van der Waals surface area contributed by atoms with Crippen LogP contribution in [0.2, 0.25) is 0 Å². The summed E-state index contributed by atoms with van der Waals surface area (Å²) in [5.74, 6) is -0.923. The molecule has 3 aromatic rings. The summed E-state index contributed by atoms with van der Waals surface area (Å²) in [6, 6.07) is 23.2. The van der Waals surface area contributed by atoms with Gasteiger partial charge in [-0.15, -0.1) is 12.4 Å². The molecule has 0 spiro atoms. The maximum atomic E-state index is 11.2. The molecule has 3 aromatic carbocycles. The van der Waals surface area contributed by atoms with E-state index in [1.54, 1.807) is 0 Å². The van der Waals surface area contributed by atoms with Gasteiger partial charge in [-0.05, 0) is 46.8 Å². The predicted octanol–water partition coefficient (Wildman–Crippen LogP) is 5.24. The Morgan fingerprint density at radius 1 is 1.03 bits per heavy atom. The van der Waals surface area contributed by atoms with E-state index in [1.807, 2.05) is 6.07 Å². The number of carbonyl (C=O) groups is 1. The van der Waals surface area contributed by atoms with Crippen molar-refractivity contribution in [1.82, 2.24) is 4.90 Å². The van der Waals surface area contributed by atoms with Crippen LogP contribution in [-0.4, -0.2) is 42.2 Å². The Hall–Kier alpha value is -2.40. The Kier molecular flexibility index (Phi) is 7.86. The third kappa shape index (κ3) is 5.20. The topological polar surface area (TPSA) is 49.8 Å². The van der Waals surface area contributed by atoms with Crippen molar-refractivity contribution in [2.45, 2.75) is 19.4 Å². The van der Waals surface area contributed by atoms with Gasteiger partial charge < -0.3 is 14.7 Å². The molecule has 0 unspecified atom stereocenters. The van der Waals surface area contributed by atoms with Gasteiger partial charge in [-0.2, -0.15) is 0 Å². The van der Waals surface area contributed by atoms with Crippen molar-refractivity contribution in [1.29, 1.82) is 0 Å². The molecule has 4 nitrogen and oxygen atoms in total. The van der Waals surface area contributed by atoms with Gasteiger partial charge in [0.2, 0.25) is 0 Å². The molecule has 0 saturated carbocycles. The van der Waals surface area contributed by atoms with Crippen LogP contribution in [0.25, 0.3) is 21.9 Å². The number of halogens is 1. The zero-order valence-corrected chi connectivity index (χ0v) is 17.8. The SMILES string of the molecule is Cl.O=C(O)[C@@H]1CCCN(CCOCc2ccc3ccccc3c2-c2ccccc2)C1. The van der Waals surface area contributed by atoms with Gasteiger partial charge in [-0.3, -0.25) is 4.79 Å². The Bertz CT molecular complexity index is 977. The number of aliphatic carboxylic acids is 1. The smallest absolute Gasteiger partial charge is 0.307 e. The number of carboxylic acids is 1. The highest BCUT2D eigenvalue weighted by Gasteiger charge is 2.24. The van der Waals surface area contributed by atoms with Crippen molar-refractivity contribution in [3.05, 3.63) is 72.3 Å². The number of nitrogens with zero attached hydrogens (tertiary/aromatic N) is 1. The highest BCUT2D eigenvalue weighted by molar-refractivity contribution is 5.98. The van der Waals surface area contributed by atoms with E-state index in [1.165, 1.54) is 27.5 Å². The summed E-state index contributed by atoms with van der Waals surface area (Å²) >= 11 is 0. The Morgan fingerprint density at radius 3 is 2.60 bits per heavy atom. The second kappa shape index (κ2) is 10.6. The lowest BCUT2D eigenvalue weighted by atomic mass is 9.93. The van der Waals surface area contributed by atoms with Crippen LogP contribution in [0, 0.1) is 5.92 Å². The number of fused-ring (bicyclic) bond motifs is 1. The van der Waals surface area contributed by atoms with Crippen LogP contribution >= 0.6 is 12.4 Å². The van der Waals surface area contributed by atoms with Crippen molar-refractivity contribution in [3.8, 4) is 11.1 Å². The number of piperidine rings is 1. The zero-order valence-electron chi connectivity index (χ0n) is 17.0. The number of ether oxygens (including phenoxy) is 1. The van der Waals surface area contributed by atoms with Crippen LogP contribution in [0.15, 0.2) is 66.7 Å². The Balaban J connectivity index is 0.00000256. The molecule has 0 amide bonds. The highest BCUT2D eigenvalue weighted by Crippen LogP contribution is 2.32. The molecule has 1 aliphatic heterocycles. The van der Waals surface area contributed by atoms with Crippen LogP contribution < -0.4 is 0 Å². The number of hydrogen-bond donors (Lipinski definition) is 1. The van der Waals surface area contributed by atoms with E-state index in [2.05, 4.69) is 65.6 Å². The number of likely N-dealkylation sites (tertiary alicyclic amines) is 1. The van der Waals surface area contributed by atoms with Gasteiger partial charge in [0, 0.05) is 13.1 Å². The highest BCUT2D eigenvalue weighted by atomic mass is 35.5. The van der Waals surface area contributed by atoms with Gasteiger partial charge in [0.25, 0.3) is 0 Å². The minimum absolute atomic E-state index is 0. The molecule has 158 valence electrons. The molecule has 1 N–H and O–H groups in total. The standard InChI is InChI=1S/C25H27NO3.ClH/c27-25(28)21-10-6-14-26(17-21)15-16-29-18-22-13-12-19-7-4-5-11-23(19)24(22)20-8-2-1-3-9-20;/h1-5,7-9,11-13,21H,6,10,14-18H2,(H,27,28);1H/t21-;/m1./s1. The lowest BCUT2D eigenvalue weighted by Crippen LogP contribution is -2.40. The number of hydrogen-bond acceptors (Lipinski definition) is 3. The van der Waals surface area contributed by atoms with Gasteiger partial charge in [0.15, 0.2) is 0 Å². The van der Waals surface area contributed by atoms with Crippen molar-refractivity contribution < 1.29 is 14.6 Å². The molecule has 1 fully saturated rings. The summed E-state index contributed by atoms with van der Waals surface area (Å²) in [6.07, 6.45) is 1.73. The Morgan fingerprint density at radius 2 is 1.80 bits per heavy atom. The first-order chi connectivity index (χ1) is 14.2. The van der Waals surface area contributed by atoms with Crippen molar-refractivity contribution in [2.75, 3.05) is 26.2 Å². The van der Waals surface area contributed by atoms with Gasteiger partial charge in [0.05, 0.1) is 19.1 Å². The number of rotatable bonds is 7. The fourth-order valence-corrected chi connectivity index (χ4v) is 4.22. The minimum atomic E-state index is -0.681. The summed E-state index contributed by atoms with van der Waals surface area (Å²) in [5, 5.41) is 11.7. The van der Waals surface area contributed by atoms with Crippen molar-refractivity contribution >= 4 is 29.1 Å². The van der Waals surface area contributed by atoms with Gasteiger partial charge in [-0.1, -0.05) is 66.7 Å². The average molecular weight is 426 g/mol. The van der Waals surface area contributed by atoms with Crippen LogP contribution in [0.1, 0.15) is 18.4 Å². The molecule has 0 aliphatic carbocycles. The first-order valence-electron chi connectivity index (χ1n) is 10.3. The van der Waals surface area contributed by atoms with E-state index < -0.39 is 5.97 Å². The molecular weight excluding hydrogens is 398 g/mol. The van der Waals surface area contributed by atoms with E-state index in [9.17, 15) is 9.90 Å².